The molecule has 0 aromatic carbocycles. The lowest BCUT2D eigenvalue weighted by atomic mass is 9.91. The summed E-state index contributed by atoms with van der Waals surface area (Å²) in [5, 5.41) is 13.5. The Hall–Kier alpha value is -0.610. The molecule has 1 rings (SSSR count). The maximum atomic E-state index is 11.9. The van der Waals surface area contributed by atoms with Crippen molar-refractivity contribution < 1.29 is 9.90 Å². The van der Waals surface area contributed by atoms with E-state index in [9.17, 15) is 9.90 Å². The van der Waals surface area contributed by atoms with Crippen molar-refractivity contribution in [1.82, 2.24) is 10.2 Å². The zero-order valence-corrected chi connectivity index (χ0v) is 11.3. The minimum atomic E-state index is -0.620. The molecule has 0 bridgehead atoms. The molecule has 1 aliphatic heterocycles. The van der Waals surface area contributed by atoms with E-state index in [1.165, 1.54) is 0 Å². The van der Waals surface area contributed by atoms with E-state index in [1.54, 1.807) is 0 Å². The van der Waals surface area contributed by atoms with Crippen LogP contribution in [0.3, 0.4) is 0 Å². The van der Waals surface area contributed by atoms with Gasteiger partial charge in [0.1, 0.15) is 0 Å². The number of likely N-dealkylation sites (N-methyl/N-ethyl adjacent to an activating group) is 1. The molecule has 0 atom stereocenters. The lowest BCUT2D eigenvalue weighted by Crippen LogP contribution is -2.51. The van der Waals surface area contributed by atoms with Crippen molar-refractivity contribution in [3.63, 3.8) is 0 Å². The maximum Gasteiger partial charge on any atom is 0.222 e. The first-order valence-corrected chi connectivity index (χ1v) is 6.68. The van der Waals surface area contributed by atoms with Crippen molar-refractivity contribution in [2.45, 2.75) is 45.6 Å². The molecule has 2 N–H and O–H groups in total. The van der Waals surface area contributed by atoms with Crippen molar-refractivity contribution in [3.8, 4) is 0 Å². The summed E-state index contributed by atoms with van der Waals surface area (Å²) in [6, 6.07) is 0. The number of carbonyl (C=O) groups excluding carboxylic acids is 1. The van der Waals surface area contributed by atoms with Gasteiger partial charge < -0.3 is 15.3 Å². The van der Waals surface area contributed by atoms with Gasteiger partial charge in [0.2, 0.25) is 5.91 Å². The van der Waals surface area contributed by atoms with Gasteiger partial charge in [0.05, 0.1) is 5.60 Å². The van der Waals surface area contributed by atoms with Crippen molar-refractivity contribution in [1.29, 1.82) is 0 Å². The average Bonchev–Trinajstić information content (AvgIpc) is 2.26. The number of hydrogen-bond donors (Lipinski definition) is 2. The number of aliphatic hydroxyl groups is 1. The number of nitrogens with zero attached hydrogens (tertiary/aromatic N) is 1. The number of likely N-dealkylation sites (tertiary alicyclic amines) is 1. The van der Waals surface area contributed by atoms with E-state index < -0.39 is 5.60 Å². The predicted octanol–water partition coefficient (Wildman–Crippen LogP) is 0.995. The number of rotatable bonds is 5. The molecule has 4 heteroatoms. The first kappa shape index (κ1) is 14.5. The van der Waals surface area contributed by atoms with Crippen LogP contribution in [0.5, 0.6) is 0 Å². The number of piperidine rings is 1. The van der Waals surface area contributed by atoms with E-state index in [1.807, 2.05) is 11.8 Å². The van der Waals surface area contributed by atoms with E-state index in [2.05, 4.69) is 19.2 Å². The molecule has 0 radical (unpaired) electrons. The molecule has 0 unspecified atom stereocenters. The summed E-state index contributed by atoms with van der Waals surface area (Å²) in [5.74, 6) is 0.635. The van der Waals surface area contributed by atoms with Gasteiger partial charge in [0.25, 0.3) is 0 Å². The minimum absolute atomic E-state index is 0.227. The topological polar surface area (TPSA) is 52.6 Å². The molecule has 17 heavy (non-hydrogen) atoms. The first-order chi connectivity index (χ1) is 7.97. The van der Waals surface area contributed by atoms with E-state index in [0.717, 1.165) is 6.54 Å². The molecule has 1 saturated heterocycles. The molecule has 1 aliphatic rings. The fraction of sp³-hybridized carbons (Fsp3) is 0.923. The summed E-state index contributed by atoms with van der Waals surface area (Å²) < 4.78 is 0. The second-order valence-electron chi connectivity index (χ2n) is 5.48. The molecule has 0 spiro atoms. The molecule has 0 saturated carbocycles. The predicted molar refractivity (Wildman–Crippen MR) is 68.8 cm³/mol. The lowest BCUT2D eigenvalue weighted by Gasteiger charge is -2.38. The van der Waals surface area contributed by atoms with Gasteiger partial charge in [-0.3, -0.25) is 4.79 Å². The normalized spacial score (nSPS) is 19.7. The maximum absolute atomic E-state index is 11.9. The molecular formula is C13H26N2O2. The molecule has 0 aliphatic carbocycles. The fourth-order valence-electron chi connectivity index (χ4n) is 2.19. The van der Waals surface area contributed by atoms with Crippen LogP contribution in [0.4, 0.5) is 0 Å². The quantitative estimate of drug-likeness (QED) is 0.756. The third-order valence-electron chi connectivity index (χ3n) is 3.33. The lowest BCUT2D eigenvalue weighted by molar-refractivity contribution is -0.136. The third-order valence-corrected chi connectivity index (χ3v) is 3.33. The van der Waals surface area contributed by atoms with E-state index >= 15 is 0 Å². The molecule has 0 aromatic heterocycles. The number of amides is 1. The van der Waals surface area contributed by atoms with Crippen LogP contribution < -0.4 is 5.32 Å². The van der Waals surface area contributed by atoms with Crippen molar-refractivity contribution in [2.75, 3.05) is 26.2 Å². The number of carbonyl (C=O) groups is 1. The Balaban J connectivity index is 2.37. The molecular weight excluding hydrogens is 216 g/mol. The fourth-order valence-corrected chi connectivity index (χ4v) is 2.19. The zero-order chi connectivity index (χ0) is 12.9. The highest BCUT2D eigenvalue weighted by Crippen LogP contribution is 2.22. The van der Waals surface area contributed by atoms with Gasteiger partial charge in [-0.1, -0.05) is 20.8 Å². The van der Waals surface area contributed by atoms with Gasteiger partial charge in [-0.25, -0.2) is 0 Å². The monoisotopic (exact) mass is 242 g/mol. The Labute approximate surface area is 104 Å². The van der Waals surface area contributed by atoms with Crippen molar-refractivity contribution in [2.24, 2.45) is 5.92 Å². The number of hydrogen-bond acceptors (Lipinski definition) is 3. The van der Waals surface area contributed by atoms with Crippen molar-refractivity contribution >= 4 is 5.91 Å². The summed E-state index contributed by atoms with van der Waals surface area (Å²) in [4.78, 5) is 13.8. The van der Waals surface area contributed by atoms with Crippen LogP contribution in [0, 0.1) is 5.92 Å². The highest BCUT2D eigenvalue weighted by Gasteiger charge is 2.33. The van der Waals surface area contributed by atoms with Crippen LogP contribution in [0.25, 0.3) is 0 Å². The second kappa shape index (κ2) is 6.36. The minimum Gasteiger partial charge on any atom is -0.388 e. The van der Waals surface area contributed by atoms with Gasteiger partial charge in [-0.05, 0) is 25.3 Å². The van der Waals surface area contributed by atoms with Crippen LogP contribution in [0.15, 0.2) is 0 Å². The van der Waals surface area contributed by atoms with Crippen molar-refractivity contribution in [3.05, 3.63) is 0 Å². The molecule has 1 heterocycles. The van der Waals surface area contributed by atoms with Gasteiger partial charge in [0, 0.05) is 26.1 Å². The first-order valence-electron chi connectivity index (χ1n) is 6.68. The third kappa shape index (κ3) is 4.64. The van der Waals surface area contributed by atoms with E-state index in [4.69, 9.17) is 0 Å². The summed E-state index contributed by atoms with van der Waals surface area (Å²) in [7, 11) is 0. The molecule has 1 amide bonds. The Kier molecular flexibility index (Phi) is 5.40. The van der Waals surface area contributed by atoms with E-state index in [0.29, 0.717) is 44.8 Å². The standard InChI is InChI=1S/C13H26N2O2/c1-4-14-10-13(17)5-7-15(8-6-13)12(16)9-11(2)3/h11,14,17H,4-10H2,1-3H3. The highest BCUT2D eigenvalue weighted by atomic mass is 16.3. The van der Waals surface area contributed by atoms with E-state index in [-0.39, 0.29) is 5.91 Å². The van der Waals surface area contributed by atoms with Gasteiger partial charge >= 0.3 is 0 Å². The summed E-state index contributed by atoms with van der Waals surface area (Å²) in [5.41, 5.74) is -0.620. The molecule has 4 nitrogen and oxygen atoms in total. The molecule has 100 valence electrons. The Morgan fingerprint density at radius 1 is 1.41 bits per heavy atom. The largest absolute Gasteiger partial charge is 0.388 e. The SMILES string of the molecule is CCNCC1(O)CCN(C(=O)CC(C)C)CC1. The summed E-state index contributed by atoms with van der Waals surface area (Å²) >= 11 is 0. The van der Waals surface area contributed by atoms with Gasteiger partial charge in [-0.2, -0.15) is 0 Å². The smallest absolute Gasteiger partial charge is 0.222 e. The summed E-state index contributed by atoms with van der Waals surface area (Å²) in [6.45, 7) is 9.03. The van der Waals surface area contributed by atoms with Crippen LogP contribution >= 0.6 is 0 Å². The second-order valence-corrected chi connectivity index (χ2v) is 5.48. The summed E-state index contributed by atoms with van der Waals surface area (Å²) in [6.07, 6.45) is 1.99. The average molecular weight is 242 g/mol. The Bertz CT molecular complexity index is 246. The highest BCUT2D eigenvalue weighted by molar-refractivity contribution is 5.76. The van der Waals surface area contributed by atoms with Crippen LogP contribution in [-0.4, -0.2) is 47.7 Å². The zero-order valence-electron chi connectivity index (χ0n) is 11.3. The molecule has 1 fully saturated rings. The Morgan fingerprint density at radius 2 is 2.00 bits per heavy atom. The number of nitrogens with one attached hydrogen (secondary N) is 1. The van der Waals surface area contributed by atoms with Gasteiger partial charge in [-0.15, -0.1) is 0 Å². The van der Waals surface area contributed by atoms with Crippen LogP contribution in [0.2, 0.25) is 0 Å². The van der Waals surface area contributed by atoms with Crippen LogP contribution in [0.1, 0.15) is 40.0 Å². The van der Waals surface area contributed by atoms with Crippen LogP contribution in [-0.2, 0) is 4.79 Å². The Morgan fingerprint density at radius 3 is 2.47 bits per heavy atom. The van der Waals surface area contributed by atoms with Gasteiger partial charge in [0.15, 0.2) is 0 Å². The molecule has 0 aromatic rings.